The van der Waals surface area contributed by atoms with Gasteiger partial charge in [-0.05, 0) is 18.6 Å². The van der Waals surface area contributed by atoms with Gasteiger partial charge in [0.1, 0.15) is 0 Å². The van der Waals surface area contributed by atoms with Crippen LogP contribution in [0.25, 0.3) is 0 Å². The lowest BCUT2D eigenvalue weighted by Gasteiger charge is -2.16. The zero-order chi connectivity index (χ0) is 30.4. The maximum Gasteiger partial charge on any atom is 0.224 e. The van der Waals surface area contributed by atoms with E-state index in [0.717, 1.165) is 26.1 Å². The van der Waals surface area contributed by atoms with Crippen molar-refractivity contribution in [3.63, 3.8) is 0 Å². The van der Waals surface area contributed by atoms with E-state index in [9.17, 15) is 0 Å². The second-order valence-corrected chi connectivity index (χ2v) is 9.11. The Balaban J connectivity index is 3.34. The second-order valence-electron chi connectivity index (χ2n) is 8.67. The molecule has 0 amide bonds. The highest BCUT2D eigenvalue weighted by Crippen LogP contribution is 2.11. The van der Waals surface area contributed by atoms with Gasteiger partial charge in [-0.3, -0.25) is 0 Å². The Hall–Kier alpha value is -0.130. The van der Waals surface area contributed by atoms with Crippen molar-refractivity contribution in [2.75, 3.05) is 151 Å². The van der Waals surface area contributed by atoms with E-state index in [1.807, 2.05) is 0 Å². The lowest BCUT2D eigenvalue weighted by molar-refractivity contribution is -0.0815. The molecular weight excluding hydrogens is 572 g/mol. The Labute approximate surface area is 259 Å². The molecule has 0 saturated carbocycles. The molecular formula is C29H59O12S. The van der Waals surface area contributed by atoms with Crippen LogP contribution in [0.3, 0.4) is 0 Å². The quantitative estimate of drug-likeness (QED) is 0.0799. The maximum atomic E-state index is 5.66. The van der Waals surface area contributed by atoms with Gasteiger partial charge in [-0.15, -0.1) is 0 Å². The summed E-state index contributed by atoms with van der Waals surface area (Å²) in [5.74, 6) is 0.627. The first kappa shape index (κ1) is 41.9. The molecule has 0 aromatic carbocycles. The molecule has 0 aliphatic heterocycles. The molecule has 0 bridgehead atoms. The summed E-state index contributed by atoms with van der Waals surface area (Å²) in [6, 6.07) is 0. The van der Waals surface area contributed by atoms with Crippen LogP contribution < -0.4 is 0 Å². The fourth-order valence-corrected chi connectivity index (χ4v) is 3.14. The van der Waals surface area contributed by atoms with Crippen molar-refractivity contribution in [2.24, 2.45) is 0 Å². The van der Waals surface area contributed by atoms with Gasteiger partial charge in [-0.2, -0.15) is 12.6 Å². The van der Waals surface area contributed by atoms with Crippen LogP contribution >= 0.6 is 12.6 Å². The third-order valence-electron chi connectivity index (χ3n) is 4.97. The number of hydrogen-bond donors (Lipinski definition) is 1. The summed E-state index contributed by atoms with van der Waals surface area (Å²) in [6.45, 7) is 16.1. The fraction of sp³-hybridized carbons (Fsp3) is 0.966. The molecule has 0 N–H and O–H groups in total. The van der Waals surface area contributed by atoms with E-state index in [1.54, 1.807) is 0 Å². The lowest BCUT2D eigenvalue weighted by atomic mass is 10.4. The summed E-state index contributed by atoms with van der Waals surface area (Å²) in [5.41, 5.74) is 0. The molecule has 0 unspecified atom stereocenters. The number of rotatable bonds is 38. The van der Waals surface area contributed by atoms with Gasteiger partial charge in [0.25, 0.3) is 0 Å². The summed E-state index contributed by atoms with van der Waals surface area (Å²) in [6.07, 6.45) is 3.18. The monoisotopic (exact) mass is 631 g/mol. The molecule has 0 atom stereocenters. The van der Waals surface area contributed by atoms with Gasteiger partial charge in [0.15, 0.2) is 0 Å². The predicted octanol–water partition coefficient (Wildman–Crippen LogP) is 2.81. The molecule has 0 rings (SSSR count). The molecule has 42 heavy (non-hydrogen) atoms. The highest BCUT2D eigenvalue weighted by Gasteiger charge is 2.10. The van der Waals surface area contributed by atoms with Crippen molar-refractivity contribution in [2.45, 2.75) is 33.1 Å². The summed E-state index contributed by atoms with van der Waals surface area (Å²) in [5, 5.41) is 0. The van der Waals surface area contributed by atoms with Gasteiger partial charge in [0.05, 0.1) is 132 Å². The van der Waals surface area contributed by atoms with E-state index in [-0.39, 0.29) is 0 Å². The molecule has 0 fully saturated rings. The average Bonchev–Trinajstić information content (AvgIpc) is 3.00. The van der Waals surface area contributed by atoms with Gasteiger partial charge in [-0.1, -0.05) is 13.8 Å². The largest absolute Gasteiger partial charge is 0.379 e. The third-order valence-corrected chi connectivity index (χ3v) is 5.19. The Kier molecular flexibility index (Phi) is 38.8. The van der Waals surface area contributed by atoms with Crippen LogP contribution in [-0.4, -0.2) is 151 Å². The highest BCUT2D eigenvalue weighted by molar-refractivity contribution is 7.80. The Morgan fingerprint density at radius 2 is 0.548 bits per heavy atom. The van der Waals surface area contributed by atoms with Crippen molar-refractivity contribution in [3.05, 3.63) is 6.29 Å². The maximum absolute atomic E-state index is 5.66. The van der Waals surface area contributed by atoms with Gasteiger partial charge in [0.2, 0.25) is 6.29 Å². The topological polar surface area (TPSA) is 111 Å². The molecule has 0 aromatic rings. The molecule has 0 aliphatic rings. The Morgan fingerprint density at radius 1 is 0.333 bits per heavy atom. The van der Waals surface area contributed by atoms with Crippen molar-refractivity contribution in [1.29, 1.82) is 0 Å². The van der Waals surface area contributed by atoms with E-state index in [4.69, 9.17) is 56.8 Å². The Bertz CT molecular complexity index is 444. The van der Waals surface area contributed by atoms with Crippen LogP contribution in [0.4, 0.5) is 0 Å². The van der Waals surface area contributed by atoms with Crippen molar-refractivity contribution in [3.8, 4) is 0 Å². The average molecular weight is 632 g/mol. The smallest absolute Gasteiger partial charge is 0.224 e. The van der Waals surface area contributed by atoms with Crippen molar-refractivity contribution in [1.82, 2.24) is 0 Å². The molecule has 0 saturated heterocycles. The van der Waals surface area contributed by atoms with E-state index in [2.05, 4.69) is 26.5 Å². The van der Waals surface area contributed by atoms with Crippen LogP contribution in [0, 0.1) is 6.29 Å². The highest BCUT2D eigenvalue weighted by atomic mass is 32.1. The third kappa shape index (κ3) is 36.1. The fourth-order valence-electron chi connectivity index (χ4n) is 2.96. The minimum Gasteiger partial charge on any atom is -0.379 e. The van der Waals surface area contributed by atoms with Crippen LogP contribution in [-0.2, 0) is 56.8 Å². The number of hydrogen-bond acceptors (Lipinski definition) is 13. The molecule has 253 valence electrons. The second kappa shape index (κ2) is 38.9. The molecule has 0 aliphatic carbocycles. The zero-order valence-electron chi connectivity index (χ0n) is 26.2. The normalized spacial score (nSPS) is 11.7. The number of thiol groups is 1. The van der Waals surface area contributed by atoms with Gasteiger partial charge >= 0.3 is 0 Å². The van der Waals surface area contributed by atoms with Gasteiger partial charge in [0, 0.05) is 19.6 Å². The number of ether oxygens (including phenoxy) is 12. The first-order valence-corrected chi connectivity index (χ1v) is 16.0. The SMILES string of the molecule is CCCOCCOCCOCCOCCOCCO[C](CCS)OCCOCCOCCOCCOCCOCCC. The summed E-state index contributed by atoms with van der Waals surface area (Å²) < 4.78 is 65.8. The van der Waals surface area contributed by atoms with E-state index < -0.39 is 0 Å². The molecule has 0 spiro atoms. The summed E-state index contributed by atoms with van der Waals surface area (Å²) in [4.78, 5) is 0. The molecule has 1 radical (unpaired) electrons. The van der Waals surface area contributed by atoms with Gasteiger partial charge < -0.3 is 56.8 Å². The first-order chi connectivity index (χ1) is 20.8. The van der Waals surface area contributed by atoms with Crippen molar-refractivity contribution < 1.29 is 56.8 Å². The zero-order valence-corrected chi connectivity index (χ0v) is 27.1. The summed E-state index contributed by atoms with van der Waals surface area (Å²) in [7, 11) is 0. The molecule has 0 aromatic heterocycles. The predicted molar refractivity (Wildman–Crippen MR) is 162 cm³/mol. The van der Waals surface area contributed by atoms with Crippen LogP contribution in [0.2, 0.25) is 0 Å². The van der Waals surface area contributed by atoms with Gasteiger partial charge in [-0.25, -0.2) is 0 Å². The molecule has 13 heteroatoms. The summed E-state index contributed by atoms with van der Waals surface area (Å²) >= 11 is 4.26. The standard InChI is InChI=1S/C29H59O12S/c1-3-6-30-8-10-32-12-14-34-16-18-36-20-22-38-24-26-40-29(5-28-42)41-27-25-39-23-21-37-19-17-35-15-13-33-11-9-31-7-4-2/h42H,3-28H2,1-2H3. The van der Waals surface area contributed by atoms with Crippen LogP contribution in [0.1, 0.15) is 33.1 Å². The van der Waals surface area contributed by atoms with E-state index in [0.29, 0.717) is 151 Å². The minimum atomic E-state index is 0.395. The van der Waals surface area contributed by atoms with Crippen LogP contribution in [0.5, 0.6) is 0 Å². The van der Waals surface area contributed by atoms with Crippen LogP contribution in [0.15, 0.2) is 0 Å². The Morgan fingerprint density at radius 3 is 0.762 bits per heavy atom. The molecule has 12 nitrogen and oxygen atoms in total. The molecule has 0 heterocycles. The van der Waals surface area contributed by atoms with Crippen molar-refractivity contribution >= 4 is 12.6 Å². The van der Waals surface area contributed by atoms with E-state index in [1.165, 1.54) is 0 Å². The van der Waals surface area contributed by atoms with E-state index >= 15 is 0 Å². The lowest BCUT2D eigenvalue weighted by Crippen LogP contribution is -2.18. The first-order valence-electron chi connectivity index (χ1n) is 15.3. The minimum absolute atomic E-state index is 0.395.